The van der Waals surface area contributed by atoms with Crippen molar-refractivity contribution in [2.75, 3.05) is 5.32 Å². The van der Waals surface area contributed by atoms with Gasteiger partial charge in [0.05, 0.1) is 11.3 Å². The molecule has 1 aliphatic rings. The van der Waals surface area contributed by atoms with Crippen molar-refractivity contribution in [3.8, 4) is 0 Å². The van der Waals surface area contributed by atoms with E-state index in [0.717, 1.165) is 5.69 Å². The van der Waals surface area contributed by atoms with E-state index < -0.39 is 0 Å². The smallest absolute Gasteiger partial charge is 0.196 e. The van der Waals surface area contributed by atoms with Gasteiger partial charge in [0.25, 0.3) is 0 Å². The van der Waals surface area contributed by atoms with Gasteiger partial charge in [0, 0.05) is 27.9 Å². The van der Waals surface area contributed by atoms with Crippen LogP contribution in [0.4, 0.5) is 11.4 Å². The van der Waals surface area contributed by atoms with Gasteiger partial charge in [-0.2, -0.15) is 0 Å². The number of hydrogen-bond donors (Lipinski definition) is 1. The maximum Gasteiger partial charge on any atom is 0.196 e. The monoisotopic (exact) mass is 367 g/mol. The van der Waals surface area contributed by atoms with Crippen LogP contribution in [0, 0.1) is 0 Å². The molecule has 1 aliphatic carbocycles. The molecular weight excluding hydrogens is 350 g/mol. The molecule has 28 heavy (non-hydrogen) atoms. The summed E-state index contributed by atoms with van der Waals surface area (Å²) in [6.07, 6.45) is 0. The first kappa shape index (κ1) is 17.6. The number of nitrogens with one attached hydrogen (secondary N) is 1. The van der Waals surface area contributed by atoms with Gasteiger partial charge in [0.15, 0.2) is 17.3 Å². The van der Waals surface area contributed by atoms with Crippen molar-refractivity contribution in [3.63, 3.8) is 0 Å². The Kier molecular flexibility index (Phi) is 4.24. The highest BCUT2D eigenvalue weighted by molar-refractivity contribution is 6.33. The average Bonchev–Trinajstić information content (AvgIpc) is 2.72. The Bertz CT molecular complexity index is 1160. The molecule has 0 atom stereocenters. The topological polar surface area (TPSA) is 63.2 Å². The zero-order valence-corrected chi connectivity index (χ0v) is 15.3. The number of benzene rings is 3. The van der Waals surface area contributed by atoms with Crippen LogP contribution in [0.25, 0.3) is 0 Å². The SMILES string of the molecule is C=C(C)C(=O)c1ccc(Nc2ccccc2)c2c1C(=O)c1ccccc1C2=O. The van der Waals surface area contributed by atoms with Gasteiger partial charge < -0.3 is 5.32 Å². The van der Waals surface area contributed by atoms with E-state index in [1.807, 2.05) is 30.3 Å². The lowest BCUT2D eigenvalue weighted by Crippen LogP contribution is -2.25. The summed E-state index contributed by atoms with van der Waals surface area (Å²) in [6.45, 7) is 5.29. The van der Waals surface area contributed by atoms with E-state index in [1.165, 1.54) is 0 Å². The number of fused-ring (bicyclic) bond motifs is 2. The van der Waals surface area contributed by atoms with Gasteiger partial charge in [0.2, 0.25) is 0 Å². The average molecular weight is 367 g/mol. The summed E-state index contributed by atoms with van der Waals surface area (Å²) in [5.74, 6) is -0.949. The lowest BCUT2D eigenvalue weighted by molar-refractivity contribution is 0.0971. The van der Waals surface area contributed by atoms with Crippen LogP contribution in [0.15, 0.2) is 78.9 Å². The number of ketones is 3. The van der Waals surface area contributed by atoms with E-state index in [4.69, 9.17) is 0 Å². The maximum absolute atomic E-state index is 13.3. The molecule has 0 bridgehead atoms. The Labute approximate surface area is 162 Å². The highest BCUT2D eigenvalue weighted by Gasteiger charge is 2.35. The van der Waals surface area contributed by atoms with Crippen molar-refractivity contribution in [1.29, 1.82) is 0 Å². The van der Waals surface area contributed by atoms with Gasteiger partial charge in [-0.25, -0.2) is 0 Å². The van der Waals surface area contributed by atoms with Gasteiger partial charge in [0.1, 0.15) is 0 Å². The molecule has 136 valence electrons. The number of allylic oxidation sites excluding steroid dienone is 1. The molecular formula is C24H17NO3. The van der Waals surface area contributed by atoms with E-state index >= 15 is 0 Å². The Hall–Kier alpha value is -3.79. The zero-order valence-electron chi connectivity index (χ0n) is 15.3. The lowest BCUT2D eigenvalue weighted by Gasteiger charge is -2.23. The van der Waals surface area contributed by atoms with Crippen molar-refractivity contribution >= 4 is 28.7 Å². The third-order valence-corrected chi connectivity index (χ3v) is 4.76. The quantitative estimate of drug-likeness (QED) is 0.409. The fourth-order valence-corrected chi connectivity index (χ4v) is 3.42. The first-order valence-corrected chi connectivity index (χ1v) is 8.86. The lowest BCUT2D eigenvalue weighted by atomic mass is 9.79. The summed E-state index contributed by atoms with van der Waals surface area (Å²) in [4.78, 5) is 39.2. The molecule has 3 aromatic carbocycles. The molecule has 4 rings (SSSR count). The summed E-state index contributed by atoms with van der Waals surface area (Å²) in [5.41, 5.74) is 2.80. The van der Waals surface area contributed by atoms with Crippen molar-refractivity contribution in [2.45, 2.75) is 6.92 Å². The number of carbonyl (C=O) groups excluding carboxylic acids is 3. The number of anilines is 2. The number of rotatable bonds is 4. The molecule has 0 fully saturated rings. The number of para-hydroxylation sites is 1. The Morgan fingerprint density at radius 2 is 1.36 bits per heavy atom. The van der Waals surface area contributed by atoms with E-state index in [-0.39, 0.29) is 34.0 Å². The van der Waals surface area contributed by atoms with Crippen LogP contribution in [-0.2, 0) is 0 Å². The molecule has 0 spiro atoms. The van der Waals surface area contributed by atoms with Crippen LogP contribution in [-0.4, -0.2) is 17.3 Å². The maximum atomic E-state index is 13.3. The molecule has 0 unspecified atom stereocenters. The predicted molar refractivity (Wildman–Crippen MR) is 109 cm³/mol. The number of carbonyl (C=O) groups is 3. The highest BCUT2D eigenvalue weighted by atomic mass is 16.1. The van der Waals surface area contributed by atoms with Gasteiger partial charge >= 0.3 is 0 Å². The first-order valence-electron chi connectivity index (χ1n) is 8.86. The van der Waals surface area contributed by atoms with Crippen LogP contribution in [0.3, 0.4) is 0 Å². The van der Waals surface area contributed by atoms with Crippen LogP contribution in [0.1, 0.15) is 49.1 Å². The van der Waals surface area contributed by atoms with Crippen LogP contribution < -0.4 is 5.32 Å². The van der Waals surface area contributed by atoms with Crippen LogP contribution in [0.5, 0.6) is 0 Å². The second-order valence-corrected chi connectivity index (χ2v) is 6.71. The predicted octanol–water partition coefficient (Wildman–Crippen LogP) is 4.96. The van der Waals surface area contributed by atoms with Gasteiger partial charge in [-0.05, 0) is 36.8 Å². The molecule has 1 N–H and O–H groups in total. The van der Waals surface area contributed by atoms with Gasteiger partial charge in [-0.1, -0.05) is 49.0 Å². The Morgan fingerprint density at radius 3 is 1.96 bits per heavy atom. The Morgan fingerprint density at radius 1 is 0.786 bits per heavy atom. The van der Waals surface area contributed by atoms with Crippen molar-refractivity contribution in [1.82, 2.24) is 0 Å². The minimum Gasteiger partial charge on any atom is -0.355 e. The molecule has 0 heterocycles. The van der Waals surface area contributed by atoms with E-state index in [1.54, 1.807) is 43.3 Å². The van der Waals surface area contributed by atoms with Crippen molar-refractivity contribution in [2.24, 2.45) is 0 Å². The largest absolute Gasteiger partial charge is 0.355 e. The minimum absolute atomic E-state index is 0.137. The van der Waals surface area contributed by atoms with Gasteiger partial charge in [-0.3, -0.25) is 14.4 Å². The highest BCUT2D eigenvalue weighted by Crippen LogP contribution is 2.36. The normalized spacial score (nSPS) is 12.2. The molecule has 0 saturated carbocycles. The standard InChI is InChI=1S/C24H17NO3/c1-14(2)22(26)18-12-13-19(25-15-8-4-3-5-9-15)21-20(18)23(27)16-10-6-7-11-17(16)24(21)28/h3-13,25H,1H2,2H3. The van der Waals surface area contributed by atoms with Gasteiger partial charge in [-0.15, -0.1) is 0 Å². The molecule has 0 aromatic heterocycles. The molecule has 0 amide bonds. The summed E-state index contributed by atoms with van der Waals surface area (Å²) >= 11 is 0. The second-order valence-electron chi connectivity index (χ2n) is 6.71. The summed E-state index contributed by atoms with van der Waals surface area (Å²) in [5, 5.41) is 3.20. The summed E-state index contributed by atoms with van der Waals surface area (Å²) in [7, 11) is 0. The fourth-order valence-electron chi connectivity index (χ4n) is 3.42. The third-order valence-electron chi connectivity index (χ3n) is 4.76. The van der Waals surface area contributed by atoms with E-state index in [9.17, 15) is 14.4 Å². The summed E-state index contributed by atoms with van der Waals surface area (Å²) in [6, 6.07) is 19.3. The third kappa shape index (κ3) is 2.76. The molecule has 3 aromatic rings. The van der Waals surface area contributed by atoms with Crippen molar-refractivity contribution < 1.29 is 14.4 Å². The van der Waals surface area contributed by atoms with E-state index in [2.05, 4.69) is 11.9 Å². The fraction of sp³-hybridized carbons (Fsp3) is 0.0417. The molecule has 4 heteroatoms. The Balaban J connectivity index is 1.97. The van der Waals surface area contributed by atoms with Crippen LogP contribution >= 0.6 is 0 Å². The molecule has 0 aliphatic heterocycles. The molecule has 4 nitrogen and oxygen atoms in total. The van der Waals surface area contributed by atoms with Crippen LogP contribution in [0.2, 0.25) is 0 Å². The molecule has 0 saturated heterocycles. The second kappa shape index (κ2) is 6.74. The zero-order chi connectivity index (χ0) is 19.8. The van der Waals surface area contributed by atoms with E-state index in [0.29, 0.717) is 22.4 Å². The minimum atomic E-state index is -0.344. The molecule has 0 radical (unpaired) electrons. The summed E-state index contributed by atoms with van der Waals surface area (Å²) < 4.78 is 0. The first-order chi connectivity index (χ1) is 13.5. The number of Topliss-reactive ketones (excluding diaryl/α,β-unsaturated/α-hetero) is 1. The number of hydrogen-bond acceptors (Lipinski definition) is 4. The van der Waals surface area contributed by atoms with Crippen molar-refractivity contribution in [3.05, 3.63) is 107 Å².